The summed E-state index contributed by atoms with van der Waals surface area (Å²) < 4.78 is 4.25. The molecule has 0 bridgehead atoms. The number of methoxy groups -OCH3 is 1. The Morgan fingerprint density at radius 2 is 1.20 bits per heavy atom. The van der Waals surface area contributed by atoms with Crippen LogP contribution in [0.4, 0.5) is 0 Å². The monoisotopic (exact) mass is 94.0 g/mol. The maximum atomic E-state index is 4.25. The van der Waals surface area contributed by atoms with Crippen molar-refractivity contribution in [2.24, 2.45) is 0 Å². The minimum absolute atomic E-state index is 1.62. The van der Waals surface area contributed by atoms with Crippen molar-refractivity contribution >= 4 is 12.6 Å². The van der Waals surface area contributed by atoms with Gasteiger partial charge in [0.2, 0.25) is 0 Å². The van der Waals surface area contributed by atoms with Crippen molar-refractivity contribution in [3.8, 4) is 0 Å². The second-order valence-corrected chi connectivity index (χ2v) is 0.408. The van der Waals surface area contributed by atoms with Crippen molar-refractivity contribution in [2.45, 2.75) is 0 Å². The SMILES string of the molecule is COC.CS. The molecule has 0 heterocycles. The van der Waals surface area contributed by atoms with Crippen molar-refractivity contribution < 1.29 is 4.74 Å². The van der Waals surface area contributed by atoms with Gasteiger partial charge in [-0.05, 0) is 6.26 Å². The Kier molecular flexibility index (Phi) is 49.5. The van der Waals surface area contributed by atoms with Gasteiger partial charge in [0, 0.05) is 14.2 Å². The molecule has 0 aromatic carbocycles. The summed E-state index contributed by atoms with van der Waals surface area (Å²) in [4.78, 5) is 0. The van der Waals surface area contributed by atoms with Crippen molar-refractivity contribution in [1.82, 2.24) is 0 Å². The number of thiol groups is 1. The first kappa shape index (κ1) is 9.00. The van der Waals surface area contributed by atoms with E-state index in [1.165, 1.54) is 0 Å². The van der Waals surface area contributed by atoms with Crippen LogP contribution in [-0.2, 0) is 4.74 Å². The molecule has 0 amide bonds. The molecule has 0 fully saturated rings. The predicted octanol–water partition coefficient (Wildman–Crippen LogP) is 0.809. The molecule has 0 aliphatic heterocycles. The number of hydrogen-bond acceptors (Lipinski definition) is 2. The molecule has 0 unspecified atom stereocenters. The van der Waals surface area contributed by atoms with Gasteiger partial charge in [-0.25, -0.2) is 0 Å². The lowest BCUT2D eigenvalue weighted by Gasteiger charge is -1.61. The van der Waals surface area contributed by atoms with Crippen LogP contribution in [0, 0.1) is 0 Å². The zero-order valence-electron chi connectivity index (χ0n) is 3.86. The molecule has 0 saturated carbocycles. The third-order valence-corrected chi connectivity index (χ3v) is 0. The second-order valence-electron chi connectivity index (χ2n) is 0.408. The standard InChI is InChI=1S/C2H6O.CH4S/c1-3-2;1-2/h1-2H3;2H,1H3. The van der Waals surface area contributed by atoms with Crippen LogP contribution in [0.1, 0.15) is 0 Å². The molecule has 0 aromatic rings. The van der Waals surface area contributed by atoms with Crippen LogP contribution >= 0.6 is 12.6 Å². The third kappa shape index (κ3) is 239. The molecule has 5 heavy (non-hydrogen) atoms. The highest BCUT2D eigenvalue weighted by Crippen LogP contribution is 1.31. The number of ether oxygens (including phenoxy) is 1. The summed E-state index contributed by atoms with van der Waals surface area (Å²) in [5.41, 5.74) is 0. The number of hydrogen-bond donors (Lipinski definition) is 1. The highest BCUT2D eigenvalue weighted by Gasteiger charge is 1.25. The lowest BCUT2D eigenvalue weighted by Crippen LogP contribution is -1.55. The topological polar surface area (TPSA) is 9.23 Å². The van der Waals surface area contributed by atoms with E-state index in [1.54, 1.807) is 20.5 Å². The summed E-state index contributed by atoms with van der Waals surface area (Å²) in [5, 5.41) is 0. The Hall–Kier alpha value is 0.310. The Labute approximate surface area is 38.7 Å². The molecule has 0 rings (SSSR count). The molecule has 0 aliphatic carbocycles. The van der Waals surface area contributed by atoms with Gasteiger partial charge in [0.05, 0.1) is 0 Å². The van der Waals surface area contributed by atoms with E-state index in [4.69, 9.17) is 0 Å². The van der Waals surface area contributed by atoms with Gasteiger partial charge in [-0.3, -0.25) is 0 Å². The van der Waals surface area contributed by atoms with Crippen molar-refractivity contribution in [3.05, 3.63) is 0 Å². The Morgan fingerprint density at radius 1 is 1.20 bits per heavy atom. The molecule has 0 spiro atoms. The molecule has 0 aliphatic rings. The highest BCUT2D eigenvalue weighted by molar-refractivity contribution is 7.79. The smallest absolute Gasteiger partial charge is 0.0351 e. The minimum Gasteiger partial charge on any atom is -0.388 e. The Balaban J connectivity index is 0. The van der Waals surface area contributed by atoms with Gasteiger partial charge in [0.15, 0.2) is 0 Å². The first-order valence-electron chi connectivity index (χ1n) is 1.26. The molecule has 0 atom stereocenters. The number of rotatable bonds is 0. The molecule has 0 radical (unpaired) electrons. The zero-order chi connectivity index (χ0) is 4.71. The molecule has 0 saturated heterocycles. The van der Waals surface area contributed by atoms with Gasteiger partial charge in [0.1, 0.15) is 0 Å². The quantitative estimate of drug-likeness (QED) is 0.437. The highest BCUT2D eigenvalue weighted by atomic mass is 32.1. The van der Waals surface area contributed by atoms with E-state index in [2.05, 4.69) is 17.4 Å². The average Bonchev–Trinajstić information content (AvgIpc) is 1.46. The maximum Gasteiger partial charge on any atom is 0.0351 e. The van der Waals surface area contributed by atoms with Crippen molar-refractivity contribution in [3.63, 3.8) is 0 Å². The molecule has 1 nitrogen and oxygen atoms in total. The van der Waals surface area contributed by atoms with E-state index < -0.39 is 0 Å². The summed E-state index contributed by atoms with van der Waals surface area (Å²) in [6.07, 6.45) is 1.69. The molecule has 2 heteroatoms. The first-order valence-corrected chi connectivity index (χ1v) is 2.16. The van der Waals surface area contributed by atoms with E-state index in [0.717, 1.165) is 0 Å². The largest absolute Gasteiger partial charge is 0.388 e. The van der Waals surface area contributed by atoms with Gasteiger partial charge in [-0.15, -0.1) is 0 Å². The summed E-state index contributed by atoms with van der Waals surface area (Å²) in [5.74, 6) is 0. The van der Waals surface area contributed by atoms with Crippen LogP contribution in [0.3, 0.4) is 0 Å². The van der Waals surface area contributed by atoms with Crippen LogP contribution in [0.2, 0.25) is 0 Å². The van der Waals surface area contributed by atoms with Crippen LogP contribution in [0.15, 0.2) is 0 Å². The van der Waals surface area contributed by atoms with E-state index in [1.807, 2.05) is 0 Å². The van der Waals surface area contributed by atoms with E-state index >= 15 is 0 Å². The lowest BCUT2D eigenvalue weighted by molar-refractivity contribution is 0.277. The van der Waals surface area contributed by atoms with Gasteiger partial charge >= 0.3 is 0 Å². The van der Waals surface area contributed by atoms with Gasteiger partial charge in [-0.2, -0.15) is 12.6 Å². The fraction of sp³-hybridized carbons (Fsp3) is 1.00. The van der Waals surface area contributed by atoms with Gasteiger partial charge in [0.25, 0.3) is 0 Å². The molecular formula is C3H10OS. The van der Waals surface area contributed by atoms with Gasteiger partial charge < -0.3 is 4.74 Å². The minimum atomic E-state index is 1.62. The van der Waals surface area contributed by atoms with E-state index in [0.29, 0.717) is 0 Å². The average molecular weight is 94.2 g/mol. The van der Waals surface area contributed by atoms with E-state index in [-0.39, 0.29) is 0 Å². The zero-order valence-corrected chi connectivity index (χ0v) is 4.75. The fourth-order valence-electron chi connectivity index (χ4n) is 0. The van der Waals surface area contributed by atoms with Gasteiger partial charge in [-0.1, -0.05) is 0 Å². The molecule has 34 valence electrons. The summed E-state index contributed by atoms with van der Waals surface area (Å²) >= 11 is 3.53. The third-order valence-electron chi connectivity index (χ3n) is 0. The first-order chi connectivity index (χ1) is 2.41. The van der Waals surface area contributed by atoms with Crippen LogP contribution in [0.5, 0.6) is 0 Å². The lowest BCUT2D eigenvalue weighted by atomic mass is 11.6. The Bertz CT molecular complexity index is 6.85. The second kappa shape index (κ2) is 27.5. The van der Waals surface area contributed by atoms with Crippen molar-refractivity contribution in [2.75, 3.05) is 20.5 Å². The molecule has 0 N–H and O–H groups in total. The predicted molar refractivity (Wildman–Crippen MR) is 27.8 cm³/mol. The van der Waals surface area contributed by atoms with Crippen LogP contribution in [-0.4, -0.2) is 20.5 Å². The van der Waals surface area contributed by atoms with Crippen LogP contribution in [0.25, 0.3) is 0 Å². The Morgan fingerprint density at radius 3 is 1.20 bits per heavy atom. The van der Waals surface area contributed by atoms with Crippen molar-refractivity contribution in [1.29, 1.82) is 0 Å². The maximum absolute atomic E-state index is 4.25. The summed E-state index contributed by atoms with van der Waals surface area (Å²) in [6.45, 7) is 0. The summed E-state index contributed by atoms with van der Waals surface area (Å²) in [6, 6.07) is 0. The molecule has 0 aromatic heterocycles. The van der Waals surface area contributed by atoms with E-state index in [9.17, 15) is 0 Å². The fourth-order valence-corrected chi connectivity index (χ4v) is 0. The summed E-state index contributed by atoms with van der Waals surface area (Å²) in [7, 11) is 3.25. The molecular weight excluding hydrogens is 84.1 g/mol. The van der Waals surface area contributed by atoms with Crippen LogP contribution < -0.4 is 0 Å². The normalized spacial score (nSPS) is 4.80.